The highest BCUT2D eigenvalue weighted by molar-refractivity contribution is 6.05. The molecule has 0 unspecified atom stereocenters. The Kier molecular flexibility index (Phi) is 2.69. The van der Waals surface area contributed by atoms with E-state index >= 15 is 0 Å². The first-order chi connectivity index (χ1) is 7.70. The van der Waals surface area contributed by atoms with Crippen LogP contribution in [0.15, 0.2) is 24.3 Å². The van der Waals surface area contributed by atoms with Crippen molar-refractivity contribution in [1.29, 1.82) is 0 Å². The predicted octanol–water partition coefficient (Wildman–Crippen LogP) is 2.76. The lowest BCUT2D eigenvalue weighted by Gasteiger charge is -2.03. The van der Waals surface area contributed by atoms with E-state index < -0.39 is 0 Å². The number of aromatic nitrogens is 1. The van der Waals surface area contributed by atoms with Crippen LogP contribution in [0.3, 0.4) is 0 Å². The summed E-state index contributed by atoms with van der Waals surface area (Å²) in [5, 5.41) is 0.966. The summed E-state index contributed by atoms with van der Waals surface area (Å²) in [5.41, 5.74) is 2.73. The number of esters is 1. The second-order valence-corrected chi connectivity index (χ2v) is 3.71. The van der Waals surface area contributed by atoms with E-state index in [-0.39, 0.29) is 5.97 Å². The van der Waals surface area contributed by atoms with Gasteiger partial charge < -0.3 is 9.30 Å². The largest absolute Gasteiger partial charge is 0.465 e. The Morgan fingerprint density at radius 3 is 2.69 bits per heavy atom. The molecule has 3 heteroatoms. The minimum absolute atomic E-state index is 0.263. The Morgan fingerprint density at radius 1 is 1.38 bits per heavy atom. The summed E-state index contributed by atoms with van der Waals surface area (Å²) in [7, 11) is 1.42. The Labute approximate surface area is 94.6 Å². The maximum absolute atomic E-state index is 11.7. The van der Waals surface area contributed by atoms with E-state index in [1.54, 1.807) is 0 Å². The highest BCUT2D eigenvalue weighted by Crippen LogP contribution is 2.26. The first-order valence-electron chi connectivity index (χ1n) is 5.36. The number of hydrogen-bond acceptors (Lipinski definition) is 2. The van der Waals surface area contributed by atoms with Crippen molar-refractivity contribution in [3.63, 3.8) is 0 Å². The van der Waals surface area contributed by atoms with Crippen molar-refractivity contribution in [3.8, 4) is 0 Å². The highest BCUT2D eigenvalue weighted by Gasteiger charge is 2.18. The van der Waals surface area contributed by atoms with Gasteiger partial charge >= 0.3 is 5.97 Å². The summed E-state index contributed by atoms with van der Waals surface area (Å²) >= 11 is 0. The Bertz CT molecular complexity index is 540. The molecule has 0 amide bonds. The van der Waals surface area contributed by atoms with Gasteiger partial charge in [0.25, 0.3) is 0 Å². The summed E-state index contributed by atoms with van der Waals surface area (Å²) in [6, 6.07) is 7.90. The third-order valence-electron chi connectivity index (χ3n) is 2.94. The molecule has 3 nitrogen and oxygen atoms in total. The number of fused-ring (bicyclic) bond motifs is 1. The molecule has 1 aromatic heterocycles. The average Bonchev–Trinajstić information content (AvgIpc) is 2.60. The summed E-state index contributed by atoms with van der Waals surface area (Å²) in [4.78, 5) is 11.7. The third kappa shape index (κ3) is 1.40. The fraction of sp³-hybridized carbons (Fsp3) is 0.308. The van der Waals surface area contributed by atoms with Crippen molar-refractivity contribution in [3.05, 3.63) is 35.5 Å². The fourth-order valence-electron chi connectivity index (χ4n) is 2.20. The zero-order valence-electron chi connectivity index (χ0n) is 9.78. The SMILES string of the molecule is CCn1c(C)c(C(=O)OC)c2ccccc21. The molecule has 84 valence electrons. The van der Waals surface area contributed by atoms with Crippen LogP contribution in [0.1, 0.15) is 23.0 Å². The Balaban J connectivity index is 2.82. The lowest BCUT2D eigenvalue weighted by Crippen LogP contribution is -2.04. The molecule has 0 aliphatic carbocycles. The van der Waals surface area contributed by atoms with Gasteiger partial charge in [0.05, 0.1) is 12.7 Å². The number of nitrogens with zero attached hydrogens (tertiary/aromatic N) is 1. The summed E-state index contributed by atoms with van der Waals surface area (Å²) < 4.78 is 6.96. The smallest absolute Gasteiger partial charge is 0.340 e. The van der Waals surface area contributed by atoms with Crippen molar-refractivity contribution < 1.29 is 9.53 Å². The monoisotopic (exact) mass is 217 g/mol. The van der Waals surface area contributed by atoms with Crippen LogP contribution in [-0.4, -0.2) is 17.6 Å². The molecule has 1 heterocycles. The van der Waals surface area contributed by atoms with Crippen LogP contribution in [-0.2, 0) is 11.3 Å². The second-order valence-electron chi connectivity index (χ2n) is 3.71. The highest BCUT2D eigenvalue weighted by atomic mass is 16.5. The molecule has 0 saturated heterocycles. The molecular formula is C13H15NO2. The van der Waals surface area contributed by atoms with Crippen LogP contribution in [0.2, 0.25) is 0 Å². The molecule has 0 aliphatic rings. The maximum atomic E-state index is 11.7. The van der Waals surface area contributed by atoms with Gasteiger partial charge in [-0.05, 0) is 19.9 Å². The van der Waals surface area contributed by atoms with Gasteiger partial charge in [-0.3, -0.25) is 0 Å². The van der Waals surface area contributed by atoms with Crippen LogP contribution >= 0.6 is 0 Å². The van der Waals surface area contributed by atoms with Gasteiger partial charge in [0.15, 0.2) is 0 Å². The molecule has 0 bridgehead atoms. The third-order valence-corrected chi connectivity index (χ3v) is 2.94. The van der Waals surface area contributed by atoms with E-state index in [0.29, 0.717) is 5.56 Å². The number of para-hydroxylation sites is 1. The van der Waals surface area contributed by atoms with Crippen molar-refractivity contribution in [2.24, 2.45) is 0 Å². The Hall–Kier alpha value is -1.77. The zero-order chi connectivity index (χ0) is 11.7. The number of hydrogen-bond donors (Lipinski definition) is 0. The maximum Gasteiger partial charge on any atom is 0.340 e. The van der Waals surface area contributed by atoms with E-state index in [1.807, 2.05) is 31.2 Å². The fourth-order valence-corrected chi connectivity index (χ4v) is 2.20. The molecule has 0 fully saturated rings. The van der Waals surface area contributed by atoms with Gasteiger partial charge in [0, 0.05) is 23.1 Å². The van der Waals surface area contributed by atoms with Gasteiger partial charge in [-0.15, -0.1) is 0 Å². The van der Waals surface area contributed by atoms with Gasteiger partial charge in [0.2, 0.25) is 0 Å². The zero-order valence-corrected chi connectivity index (χ0v) is 9.78. The summed E-state index contributed by atoms with van der Waals surface area (Å²) in [5.74, 6) is -0.263. The average molecular weight is 217 g/mol. The lowest BCUT2D eigenvalue weighted by atomic mass is 10.1. The molecular weight excluding hydrogens is 202 g/mol. The Morgan fingerprint density at radius 2 is 2.06 bits per heavy atom. The summed E-state index contributed by atoms with van der Waals surface area (Å²) in [6.07, 6.45) is 0. The van der Waals surface area contributed by atoms with Crippen molar-refractivity contribution in [2.45, 2.75) is 20.4 Å². The number of ether oxygens (including phenoxy) is 1. The molecule has 2 aromatic rings. The van der Waals surface area contributed by atoms with Crippen molar-refractivity contribution in [1.82, 2.24) is 4.57 Å². The van der Waals surface area contributed by atoms with Crippen molar-refractivity contribution in [2.75, 3.05) is 7.11 Å². The predicted molar refractivity (Wildman–Crippen MR) is 63.7 cm³/mol. The molecule has 0 N–H and O–H groups in total. The number of carbonyl (C=O) groups excluding carboxylic acids is 1. The molecule has 0 spiro atoms. The standard InChI is InChI=1S/C13H15NO2/c1-4-14-9(2)12(13(15)16-3)10-7-5-6-8-11(10)14/h5-8H,4H2,1-3H3. The van der Waals surface area contributed by atoms with Gasteiger partial charge in [-0.25, -0.2) is 4.79 Å². The summed E-state index contributed by atoms with van der Waals surface area (Å²) in [6.45, 7) is 4.87. The van der Waals surface area contributed by atoms with E-state index in [2.05, 4.69) is 11.5 Å². The van der Waals surface area contributed by atoms with Crippen LogP contribution in [0.5, 0.6) is 0 Å². The quantitative estimate of drug-likeness (QED) is 0.724. The van der Waals surface area contributed by atoms with Crippen LogP contribution in [0.25, 0.3) is 10.9 Å². The topological polar surface area (TPSA) is 31.2 Å². The number of benzene rings is 1. The molecule has 16 heavy (non-hydrogen) atoms. The second kappa shape index (κ2) is 4.00. The first kappa shape index (κ1) is 10.7. The molecule has 0 atom stereocenters. The van der Waals surface area contributed by atoms with E-state index in [1.165, 1.54) is 7.11 Å². The van der Waals surface area contributed by atoms with Gasteiger partial charge in [-0.1, -0.05) is 18.2 Å². The van der Waals surface area contributed by atoms with Crippen LogP contribution in [0.4, 0.5) is 0 Å². The van der Waals surface area contributed by atoms with Crippen LogP contribution < -0.4 is 0 Å². The van der Waals surface area contributed by atoms with E-state index in [4.69, 9.17) is 4.74 Å². The van der Waals surface area contributed by atoms with Crippen LogP contribution in [0, 0.1) is 6.92 Å². The first-order valence-corrected chi connectivity index (χ1v) is 5.36. The normalized spacial score (nSPS) is 10.7. The number of carbonyl (C=O) groups is 1. The van der Waals surface area contributed by atoms with Gasteiger partial charge in [0.1, 0.15) is 0 Å². The minimum atomic E-state index is -0.263. The van der Waals surface area contributed by atoms with Gasteiger partial charge in [-0.2, -0.15) is 0 Å². The molecule has 0 radical (unpaired) electrons. The number of rotatable bonds is 2. The van der Waals surface area contributed by atoms with E-state index in [0.717, 1.165) is 23.1 Å². The number of aryl methyl sites for hydroxylation is 1. The molecule has 0 aliphatic heterocycles. The molecule has 1 aromatic carbocycles. The number of methoxy groups -OCH3 is 1. The molecule has 0 saturated carbocycles. The lowest BCUT2D eigenvalue weighted by molar-refractivity contribution is 0.0602. The van der Waals surface area contributed by atoms with Crippen molar-refractivity contribution >= 4 is 16.9 Å². The van der Waals surface area contributed by atoms with E-state index in [9.17, 15) is 4.79 Å². The minimum Gasteiger partial charge on any atom is -0.465 e. The molecule has 2 rings (SSSR count).